The Labute approximate surface area is 110 Å². The first-order valence-corrected chi connectivity index (χ1v) is 7.46. The van der Waals surface area contributed by atoms with Crippen molar-refractivity contribution in [3.05, 3.63) is 0 Å². The summed E-state index contributed by atoms with van der Waals surface area (Å²) in [6.45, 7) is 6.42. The Hall–Kier alpha value is -0.240. The number of hydrogen-bond donors (Lipinski definition) is 1. The Morgan fingerprint density at radius 3 is 2.35 bits per heavy atom. The fraction of sp³-hybridized carbons (Fsp3) is 0.929. The molecule has 0 heterocycles. The van der Waals surface area contributed by atoms with Crippen LogP contribution in [0.5, 0.6) is 0 Å². The van der Waals surface area contributed by atoms with Crippen LogP contribution >= 0.6 is 11.6 Å². The largest absolute Gasteiger partial charge is 0.353 e. The van der Waals surface area contributed by atoms with Crippen LogP contribution in [0.15, 0.2) is 0 Å². The van der Waals surface area contributed by atoms with Gasteiger partial charge in [-0.2, -0.15) is 0 Å². The zero-order valence-electron chi connectivity index (χ0n) is 11.4. The van der Waals surface area contributed by atoms with Crippen LogP contribution in [-0.2, 0) is 4.79 Å². The second-order valence-corrected chi connectivity index (χ2v) is 6.02. The lowest BCUT2D eigenvalue weighted by atomic mass is 9.82. The molecule has 0 spiro atoms. The highest BCUT2D eigenvalue weighted by molar-refractivity contribution is 6.17. The molecule has 1 saturated carbocycles. The van der Waals surface area contributed by atoms with Crippen LogP contribution in [0.3, 0.4) is 0 Å². The van der Waals surface area contributed by atoms with Gasteiger partial charge >= 0.3 is 0 Å². The molecule has 1 amide bonds. The predicted octanol–water partition coefficient (Wildman–Crippen LogP) is 3.73. The molecule has 1 rings (SSSR count). The van der Waals surface area contributed by atoms with E-state index in [1.165, 1.54) is 12.8 Å². The van der Waals surface area contributed by atoms with Crippen molar-refractivity contribution in [3.63, 3.8) is 0 Å². The van der Waals surface area contributed by atoms with E-state index in [9.17, 15) is 4.79 Å². The van der Waals surface area contributed by atoms with E-state index >= 15 is 0 Å². The molecule has 100 valence electrons. The van der Waals surface area contributed by atoms with Crippen LogP contribution in [0.1, 0.15) is 59.3 Å². The SMILES string of the molecule is CCC1(C(=O)NC(CCCl)C(C)C)CCCC1. The predicted molar refractivity (Wildman–Crippen MR) is 73.3 cm³/mol. The van der Waals surface area contributed by atoms with E-state index in [-0.39, 0.29) is 17.4 Å². The lowest BCUT2D eigenvalue weighted by molar-refractivity contribution is -0.132. The molecule has 0 aromatic heterocycles. The van der Waals surface area contributed by atoms with Crippen molar-refractivity contribution in [1.29, 1.82) is 0 Å². The first-order valence-electron chi connectivity index (χ1n) is 6.92. The second-order valence-electron chi connectivity index (χ2n) is 5.64. The molecule has 1 fully saturated rings. The maximum Gasteiger partial charge on any atom is 0.226 e. The molecule has 3 heteroatoms. The third-order valence-electron chi connectivity index (χ3n) is 4.26. The lowest BCUT2D eigenvalue weighted by Crippen LogP contribution is -2.46. The Balaban J connectivity index is 2.62. The van der Waals surface area contributed by atoms with Gasteiger partial charge in [-0.3, -0.25) is 4.79 Å². The van der Waals surface area contributed by atoms with Crippen LogP contribution in [0.2, 0.25) is 0 Å². The number of amides is 1. The number of alkyl halides is 1. The second kappa shape index (κ2) is 6.63. The minimum atomic E-state index is -0.0839. The third kappa shape index (κ3) is 3.61. The molecular formula is C14H26ClNO. The van der Waals surface area contributed by atoms with Crippen molar-refractivity contribution in [2.24, 2.45) is 11.3 Å². The number of nitrogens with one attached hydrogen (secondary N) is 1. The summed E-state index contributed by atoms with van der Waals surface area (Å²) in [5, 5.41) is 3.23. The lowest BCUT2D eigenvalue weighted by Gasteiger charge is -2.30. The molecule has 1 unspecified atom stereocenters. The number of hydrogen-bond acceptors (Lipinski definition) is 1. The molecular weight excluding hydrogens is 234 g/mol. The maximum atomic E-state index is 12.4. The third-order valence-corrected chi connectivity index (χ3v) is 4.48. The topological polar surface area (TPSA) is 29.1 Å². The number of carbonyl (C=O) groups is 1. The summed E-state index contributed by atoms with van der Waals surface area (Å²) in [7, 11) is 0. The van der Waals surface area contributed by atoms with E-state index in [0.717, 1.165) is 25.7 Å². The minimum Gasteiger partial charge on any atom is -0.353 e. The summed E-state index contributed by atoms with van der Waals surface area (Å²) in [4.78, 5) is 12.4. The fourth-order valence-electron chi connectivity index (χ4n) is 2.80. The molecule has 0 aromatic rings. The van der Waals surface area contributed by atoms with Gasteiger partial charge in [0.2, 0.25) is 5.91 Å². The van der Waals surface area contributed by atoms with Gasteiger partial charge in [0.05, 0.1) is 0 Å². The van der Waals surface area contributed by atoms with Crippen molar-refractivity contribution in [1.82, 2.24) is 5.32 Å². The Morgan fingerprint density at radius 1 is 1.35 bits per heavy atom. The van der Waals surface area contributed by atoms with Crippen molar-refractivity contribution in [2.45, 2.75) is 65.3 Å². The first-order chi connectivity index (χ1) is 8.05. The normalized spacial score (nSPS) is 20.5. The van der Waals surface area contributed by atoms with E-state index < -0.39 is 0 Å². The average molecular weight is 260 g/mol. The molecule has 1 aliphatic rings. The summed E-state index contributed by atoms with van der Waals surface area (Å²) in [5.74, 6) is 1.33. The van der Waals surface area contributed by atoms with Gasteiger partial charge in [0.1, 0.15) is 0 Å². The van der Waals surface area contributed by atoms with Crippen LogP contribution in [-0.4, -0.2) is 17.8 Å². The monoisotopic (exact) mass is 259 g/mol. The van der Waals surface area contributed by atoms with Gasteiger partial charge in [0.15, 0.2) is 0 Å². The molecule has 0 bridgehead atoms. The highest BCUT2D eigenvalue weighted by atomic mass is 35.5. The smallest absolute Gasteiger partial charge is 0.226 e. The molecule has 0 aromatic carbocycles. The molecule has 17 heavy (non-hydrogen) atoms. The van der Waals surface area contributed by atoms with E-state index in [2.05, 4.69) is 26.1 Å². The highest BCUT2D eigenvalue weighted by Gasteiger charge is 2.40. The summed E-state index contributed by atoms with van der Waals surface area (Å²) in [6, 6.07) is 0.226. The molecule has 1 N–H and O–H groups in total. The van der Waals surface area contributed by atoms with Crippen LogP contribution in [0, 0.1) is 11.3 Å². The molecule has 2 nitrogen and oxygen atoms in total. The van der Waals surface area contributed by atoms with Crippen molar-refractivity contribution in [3.8, 4) is 0 Å². The summed E-state index contributed by atoms with van der Waals surface area (Å²) >= 11 is 5.80. The maximum absolute atomic E-state index is 12.4. The van der Waals surface area contributed by atoms with Gasteiger partial charge < -0.3 is 5.32 Å². The summed E-state index contributed by atoms with van der Waals surface area (Å²) < 4.78 is 0. The zero-order valence-corrected chi connectivity index (χ0v) is 12.1. The van der Waals surface area contributed by atoms with Gasteiger partial charge in [0.25, 0.3) is 0 Å². The molecule has 1 atom stereocenters. The highest BCUT2D eigenvalue weighted by Crippen LogP contribution is 2.41. The van der Waals surface area contributed by atoms with E-state index in [1.54, 1.807) is 0 Å². The van der Waals surface area contributed by atoms with Gasteiger partial charge in [-0.1, -0.05) is 33.6 Å². The van der Waals surface area contributed by atoms with E-state index in [1.807, 2.05) is 0 Å². The molecule has 0 radical (unpaired) electrons. The molecule has 0 aliphatic heterocycles. The van der Waals surface area contributed by atoms with Crippen LogP contribution < -0.4 is 5.32 Å². The van der Waals surface area contributed by atoms with Crippen molar-refractivity contribution in [2.75, 3.05) is 5.88 Å². The fourth-order valence-corrected chi connectivity index (χ4v) is 3.04. The van der Waals surface area contributed by atoms with Crippen LogP contribution in [0.4, 0.5) is 0 Å². The Kier molecular flexibility index (Phi) is 5.78. The van der Waals surface area contributed by atoms with Gasteiger partial charge in [-0.25, -0.2) is 0 Å². The summed E-state index contributed by atoms with van der Waals surface area (Å²) in [6.07, 6.45) is 6.34. The standard InChI is InChI=1S/C14H26ClNO/c1-4-14(8-5-6-9-14)13(17)16-12(7-10-15)11(2)3/h11-12H,4-10H2,1-3H3,(H,16,17). The average Bonchev–Trinajstić information content (AvgIpc) is 2.78. The van der Waals surface area contributed by atoms with Crippen molar-refractivity contribution >= 4 is 17.5 Å². The van der Waals surface area contributed by atoms with Gasteiger partial charge in [-0.15, -0.1) is 11.6 Å². The van der Waals surface area contributed by atoms with Gasteiger partial charge in [0, 0.05) is 17.3 Å². The minimum absolute atomic E-state index is 0.0839. The van der Waals surface area contributed by atoms with E-state index in [4.69, 9.17) is 11.6 Å². The number of halogens is 1. The molecule has 0 saturated heterocycles. The first kappa shape index (κ1) is 14.8. The Bertz CT molecular complexity index is 247. The van der Waals surface area contributed by atoms with Crippen LogP contribution in [0.25, 0.3) is 0 Å². The van der Waals surface area contributed by atoms with E-state index in [0.29, 0.717) is 11.8 Å². The summed E-state index contributed by atoms with van der Waals surface area (Å²) in [5.41, 5.74) is -0.0839. The van der Waals surface area contributed by atoms with Crippen molar-refractivity contribution < 1.29 is 4.79 Å². The van der Waals surface area contributed by atoms with Gasteiger partial charge in [-0.05, 0) is 31.6 Å². The number of rotatable bonds is 6. The Morgan fingerprint density at radius 2 is 1.94 bits per heavy atom. The zero-order chi connectivity index (χ0) is 12.9. The quantitative estimate of drug-likeness (QED) is 0.724. The number of carbonyl (C=O) groups excluding carboxylic acids is 1. The molecule has 1 aliphatic carbocycles.